The van der Waals surface area contributed by atoms with Crippen LogP contribution in [0.1, 0.15) is 38.5 Å². The van der Waals surface area contributed by atoms with Gasteiger partial charge in [-0.15, -0.1) is 0 Å². The van der Waals surface area contributed by atoms with Crippen molar-refractivity contribution < 1.29 is 4.79 Å². The highest BCUT2D eigenvalue weighted by Gasteiger charge is 2.53. The summed E-state index contributed by atoms with van der Waals surface area (Å²) >= 11 is 0. The number of hydrogen-bond acceptors (Lipinski definition) is 3. The summed E-state index contributed by atoms with van der Waals surface area (Å²) in [6.45, 7) is 2.07. The van der Waals surface area contributed by atoms with Crippen LogP contribution in [0.25, 0.3) is 0 Å². The molecule has 0 bridgehead atoms. The number of rotatable bonds is 1. The molecule has 0 aromatic rings. The summed E-state index contributed by atoms with van der Waals surface area (Å²) in [6, 6.07) is 0.395. The Kier molecular flexibility index (Phi) is 2.44. The Hall–Kier alpha value is -0.610. The molecule has 3 fully saturated rings. The van der Waals surface area contributed by atoms with Crippen LogP contribution in [0, 0.1) is 0 Å². The van der Waals surface area contributed by atoms with Crippen LogP contribution in [0.2, 0.25) is 0 Å². The van der Waals surface area contributed by atoms with Gasteiger partial charge in [-0.25, -0.2) is 5.01 Å². The molecule has 16 heavy (non-hydrogen) atoms. The molecule has 1 N–H and O–H groups in total. The van der Waals surface area contributed by atoms with Crippen LogP contribution in [0.15, 0.2) is 0 Å². The number of hydrazine groups is 1. The zero-order chi connectivity index (χ0) is 11.2. The number of piperidine rings is 1. The molecule has 1 saturated carbocycles. The highest BCUT2D eigenvalue weighted by molar-refractivity contribution is 5.80. The first kappa shape index (κ1) is 10.5. The van der Waals surface area contributed by atoms with E-state index >= 15 is 0 Å². The van der Waals surface area contributed by atoms with E-state index in [0.717, 1.165) is 25.9 Å². The molecule has 1 amide bonds. The Balaban J connectivity index is 1.76. The predicted octanol–water partition coefficient (Wildman–Crippen LogP) is 0.740. The second-order valence-corrected chi connectivity index (χ2v) is 5.52. The maximum absolute atomic E-state index is 12.1. The fourth-order valence-corrected chi connectivity index (χ4v) is 3.45. The van der Waals surface area contributed by atoms with Crippen molar-refractivity contribution in [1.29, 1.82) is 0 Å². The van der Waals surface area contributed by atoms with Crippen LogP contribution in [0.3, 0.4) is 0 Å². The van der Waals surface area contributed by atoms with Crippen molar-refractivity contribution in [2.75, 3.05) is 20.1 Å². The Labute approximate surface area is 96.9 Å². The zero-order valence-electron chi connectivity index (χ0n) is 10.0. The van der Waals surface area contributed by atoms with Crippen LogP contribution in [0.5, 0.6) is 0 Å². The number of hydrogen-bond donors (Lipinski definition) is 1. The fraction of sp³-hybridized carbons (Fsp3) is 0.917. The van der Waals surface area contributed by atoms with E-state index in [1.165, 1.54) is 25.7 Å². The van der Waals surface area contributed by atoms with Crippen LogP contribution >= 0.6 is 0 Å². The summed E-state index contributed by atoms with van der Waals surface area (Å²) in [5, 5.41) is 7.70. The van der Waals surface area contributed by atoms with Gasteiger partial charge in [0.15, 0.2) is 0 Å². The lowest BCUT2D eigenvalue weighted by molar-refractivity contribution is -0.147. The average Bonchev–Trinajstić information content (AvgIpc) is 2.51. The molecule has 4 nitrogen and oxygen atoms in total. The van der Waals surface area contributed by atoms with E-state index in [1.807, 2.05) is 5.01 Å². The van der Waals surface area contributed by atoms with Gasteiger partial charge >= 0.3 is 0 Å². The molecular weight excluding hydrogens is 202 g/mol. The molecular formula is C12H21N3O. The van der Waals surface area contributed by atoms with Crippen molar-refractivity contribution in [1.82, 2.24) is 15.3 Å². The Morgan fingerprint density at radius 1 is 1.38 bits per heavy atom. The summed E-state index contributed by atoms with van der Waals surface area (Å²) in [5.74, 6) is 0.343. The van der Waals surface area contributed by atoms with Gasteiger partial charge in [0, 0.05) is 25.6 Å². The van der Waals surface area contributed by atoms with Crippen molar-refractivity contribution in [3.8, 4) is 0 Å². The Morgan fingerprint density at radius 3 is 2.69 bits per heavy atom. The smallest absolute Gasteiger partial charge is 0.239 e. The molecule has 2 heterocycles. The van der Waals surface area contributed by atoms with Crippen molar-refractivity contribution in [3.05, 3.63) is 0 Å². The van der Waals surface area contributed by atoms with Crippen LogP contribution in [-0.2, 0) is 4.79 Å². The maximum atomic E-state index is 12.1. The molecule has 3 aliphatic rings. The Bertz CT molecular complexity index is 295. The van der Waals surface area contributed by atoms with Crippen molar-refractivity contribution >= 4 is 5.91 Å². The topological polar surface area (TPSA) is 35.6 Å². The summed E-state index contributed by atoms with van der Waals surface area (Å²) in [7, 11) is 2.11. The van der Waals surface area contributed by atoms with E-state index < -0.39 is 0 Å². The van der Waals surface area contributed by atoms with Gasteiger partial charge in [0.1, 0.15) is 0 Å². The van der Waals surface area contributed by atoms with Crippen LogP contribution in [0.4, 0.5) is 0 Å². The van der Waals surface area contributed by atoms with E-state index in [1.54, 1.807) is 0 Å². The highest BCUT2D eigenvalue weighted by Crippen LogP contribution is 2.45. The molecule has 1 aliphatic carbocycles. The molecule has 2 aliphatic heterocycles. The first-order valence-electron chi connectivity index (χ1n) is 6.49. The van der Waals surface area contributed by atoms with Gasteiger partial charge in [-0.2, -0.15) is 0 Å². The van der Waals surface area contributed by atoms with Crippen LogP contribution in [-0.4, -0.2) is 47.6 Å². The molecule has 1 atom stereocenters. The molecule has 2 saturated heterocycles. The second kappa shape index (κ2) is 3.70. The molecule has 1 unspecified atom stereocenters. The quantitative estimate of drug-likeness (QED) is 0.712. The number of nitrogens with zero attached hydrogens (tertiary/aromatic N) is 2. The third-order valence-electron chi connectivity index (χ3n) is 4.65. The average molecular weight is 223 g/mol. The normalized spacial score (nSPS) is 34.4. The zero-order valence-corrected chi connectivity index (χ0v) is 10.0. The minimum absolute atomic E-state index is 0.203. The predicted molar refractivity (Wildman–Crippen MR) is 61.7 cm³/mol. The minimum Gasteiger partial charge on any atom is -0.315 e. The van der Waals surface area contributed by atoms with Gasteiger partial charge in [-0.1, -0.05) is 0 Å². The largest absolute Gasteiger partial charge is 0.315 e. The van der Waals surface area contributed by atoms with E-state index in [4.69, 9.17) is 0 Å². The van der Waals surface area contributed by atoms with Gasteiger partial charge in [-0.05, 0) is 38.6 Å². The van der Waals surface area contributed by atoms with Gasteiger partial charge in [-0.3, -0.25) is 9.80 Å². The first-order valence-corrected chi connectivity index (χ1v) is 6.49. The van der Waals surface area contributed by atoms with Gasteiger partial charge in [0.2, 0.25) is 5.91 Å². The lowest BCUT2D eigenvalue weighted by Crippen LogP contribution is -2.57. The van der Waals surface area contributed by atoms with E-state index in [-0.39, 0.29) is 5.54 Å². The first-order chi connectivity index (χ1) is 7.73. The van der Waals surface area contributed by atoms with Gasteiger partial charge < -0.3 is 5.32 Å². The SMILES string of the molecule is CN1N(C2CCCNC2)C(=O)CC12CCC2. The third-order valence-corrected chi connectivity index (χ3v) is 4.65. The second-order valence-electron chi connectivity index (χ2n) is 5.52. The molecule has 0 radical (unpaired) electrons. The minimum atomic E-state index is 0.203. The van der Waals surface area contributed by atoms with E-state index in [0.29, 0.717) is 11.9 Å². The number of nitrogens with one attached hydrogen (secondary N) is 1. The summed E-state index contributed by atoms with van der Waals surface area (Å²) in [5.41, 5.74) is 0.203. The van der Waals surface area contributed by atoms with Gasteiger partial charge in [0.25, 0.3) is 0 Å². The lowest BCUT2D eigenvalue weighted by atomic mass is 9.75. The van der Waals surface area contributed by atoms with Crippen molar-refractivity contribution in [3.63, 3.8) is 0 Å². The van der Waals surface area contributed by atoms with Gasteiger partial charge in [0.05, 0.1) is 6.04 Å². The van der Waals surface area contributed by atoms with E-state index in [2.05, 4.69) is 17.4 Å². The summed E-state index contributed by atoms with van der Waals surface area (Å²) in [4.78, 5) is 12.1. The Morgan fingerprint density at radius 2 is 2.19 bits per heavy atom. The standard InChI is InChI=1S/C12H21N3O/c1-14-12(5-3-6-12)8-11(16)15(14)10-4-2-7-13-9-10/h10,13H,2-9H2,1H3. The third kappa shape index (κ3) is 1.39. The summed E-state index contributed by atoms with van der Waals surface area (Å²) < 4.78 is 0. The number of amides is 1. The summed E-state index contributed by atoms with van der Waals surface area (Å²) in [6.07, 6.45) is 6.78. The van der Waals surface area contributed by atoms with Crippen LogP contribution < -0.4 is 5.32 Å². The monoisotopic (exact) mass is 223 g/mol. The molecule has 4 heteroatoms. The fourth-order valence-electron chi connectivity index (χ4n) is 3.45. The molecule has 1 spiro atoms. The number of carbonyl (C=O) groups excluding carboxylic acids is 1. The highest BCUT2D eigenvalue weighted by atomic mass is 16.2. The lowest BCUT2D eigenvalue weighted by Gasteiger charge is -2.47. The van der Waals surface area contributed by atoms with Crippen molar-refractivity contribution in [2.24, 2.45) is 0 Å². The van der Waals surface area contributed by atoms with Crippen molar-refractivity contribution in [2.45, 2.75) is 50.1 Å². The molecule has 0 aromatic carbocycles. The number of carbonyl (C=O) groups is 1. The molecule has 3 rings (SSSR count). The molecule has 0 aromatic heterocycles. The molecule has 90 valence electrons. The maximum Gasteiger partial charge on any atom is 0.239 e. The van der Waals surface area contributed by atoms with E-state index in [9.17, 15) is 4.79 Å².